The lowest BCUT2D eigenvalue weighted by atomic mass is 10.2. The summed E-state index contributed by atoms with van der Waals surface area (Å²) in [6, 6.07) is 14.8. The molecule has 352 valence electrons. The van der Waals surface area contributed by atoms with Gasteiger partial charge in [-0.05, 0) is 47.0 Å². The molecule has 0 spiro atoms. The third kappa shape index (κ3) is 15.5. The quantitative estimate of drug-likeness (QED) is 0.0257. The second-order valence-corrected chi connectivity index (χ2v) is 14.2. The van der Waals surface area contributed by atoms with Crippen molar-refractivity contribution in [3.05, 3.63) is 64.9 Å². The largest absolute Gasteiger partial charge is 0.395 e. The Hall–Kier alpha value is -6.16. The predicted molar refractivity (Wildman–Crippen MR) is 244 cm³/mol. The number of hydrogen-bond donors (Lipinski definition) is 12. The van der Waals surface area contributed by atoms with Crippen LogP contribution in [0.3, 0.4) is 0 Å². The van der Waals surface area contributed by atoms with Gasteiger partial charge in [0.2, 0.25) is 52.9 Å². The molecule has 0 aliphatic carbocycles. The minimum absolute atomic E-state index is 0.0417. The molecule has 0 aliphatic rings. The number of nitrogens with one attached hydrogen (secondary N) is 4. The summed E-state index contributed by atoms with van der Waals surface area (Å²) in [6.45, 7) is 0.436. The van der Waals surface area contributed by atoms with Crippen LogP contribution in [0, 0.1) is 0 Å². The van der Waals surface area contributed by atoms with Gasteiger partial charge in [-0.2, -0.15) is 44.9 Å². The minimum Gasteiger partial charge on any atom is -0.395 e. The topological polar surface area (TPSA) is 339 Å². The van der Waals surface area contributed by atoms with E-state index in [1.54, 1.807) is 19.6 Å². The first-order valence-corrected chi connectivity index (χ1v) is 21.1. The summed E-state index contributed by atoms with van der Waals surface area (Å²) >= 11 is 6.29. The average molecular weight is 926 g/mol. The molecule has 5 aromatic rings. The summed E-state index contributed by atoms with van der Waals surface area (Å²) in [6.07, 6.45) is 0. The summed E-state index contributed by atoms with van der Waals surface area (Å²) in [5.74, 6) is 1.67. The van der Waals surface area contributed by atoms with Crippen molar-refractivity contribution < 1.29 is 40.9 Å². The maximum Gasteiger partial charge on any atom is 0.233 e. The maximum absolute atomic E-state index is 9.58. The van der Waals surface area contributed by atoms with E-state index in [0.29, 0.717) is 24.5 Å². The van der Waals surface area contributed by atoms with Gasteiger partial charge in [0.1, 0.15) is 0 Å². The molecule has 5 rings (SSSR count). The molecule has 26 heteroatoms. The van der Waals surface area contributed by atoms with Gasteiger partial charge in [-0.25, -0.2) is 0 Å². The molecule has 0 saturated heterocycles. The zero-order chi connectivity index (χ0) is 46.4. The van der Waals surface area contributed by atoms with Crippen molar-refractivity contribution in [3.63, 3.8) is 0 Å². The molecule has 0 aliphatic heterocycles. The van der Waals surface area contributed by atoms with Crippen LogP contribution in [-0.2, 0) is 13.1 Å². The van der Waals surface area contributed by atoms with Crippen LogP contribution in [0.1, 0.15) is 11.1 Å². The zero-order valence-corrected chi connectivity index (χ0v) is 36.4. The Bertz CT molecular complexity index is 1930. The van der Waals surface area contributed by atoms with Gasteiger partial charge in [0, 0.05) is 76.8 Å². The third-order valence-corrected chi connectivity index (χ3v) is 9.41. The molecule has 2 aromatic carbocycles. The lowest BCUT2D eigenvalue weighted by Gasteiger charge is -2.25. The summed E-state index contributed by atoms with van der Waals surface area (Å²) in [5, 5.41) is 89.3. The monoisotopic (exact) mass is 925 g/mol. The number of hydrogen-bond acceptors (Lipinski definition) is 25. The van der Waals surface area contributed by atoms with Crippen LogP contribution in [0.15, 0.2) is 48.5 Å². The van der Waals surface area contributed by atoms with E-state index in [1.807, 2.05) is 48.5 Å². The van der Waals surface area contributed by atoms with Crippen LogP contribution in [0.25, 0.3) is 0 Å². The fraction of sp³-hybridized carbons (Fsp3) is 0.462. The second kappa shape index (κ2) is 26.6. The Kier molecular flexibility index (Phi) is 20.4. The average Bonchev–Trinajstić information content (AvgIpc) is 3.30. The maximum atomic E-state index is 9.58. The molecule has 0 unspecified atom stereocenters. The fourth-order valence-corrected chi connectivity index (χ4v) is 6.30. The number of nitrogens with zero attached hydrogens (tertiary/aromatic N) is 13. The van der Waals surface area contributed by atoms with Gasteiger partial charge in [0.15, 0.2) is 0 Å². The summed E-state index contributed by atoms with van der Waals surface area (Å²) in [4.78, 5) is 46.3. The van der Waals surface area contributed by atoms with Gasteiger partial charge in [0.25, 0.3) is 0 Å². The first-order valence-electron chi connectivity index (χ1n) is 20.7. The minimum atomic E-state index is -0.194. The number of aliphatic hydroxyl groups excluding tert-OH is 8. The van der Waals surface area contributed by atoms with Crippen molar-refractivity contribution in [2.75, 3.05) is 146 Å². The van der Waals surface area contributed by atoms with E-state index in [1.165, 1.54) is 0 Å². The summed E-state index contributed by atoms with van der Waals surface area (Å²) < 4.78 is 0. The molecule has 3 aromatic heterocycles. The Labute approximate surface area is 379 Å². The number of anilines is 10. The second-order valence-electron chi connectivity index (χ2n) is 13.9. The normalized spacial score (nSPS) is 11.0. The predicted octanol–water partition coefficient (Wildman–Crippen LogP) is -1.23. The van der Waals surface area contributed by atoms with Gasteiger partial charge in [0.05, 0.1) is 52.9 Å². The molecule has 0 amide bonds. The standard InChI is InChI=1S/C39H56ClN17O8/c40-31-45-34(43-29-5-1-27(2-6-29)25-41-32-48-36(54(9-17-58)10-18-59)52-37(49-32)55(11-19-60)12-20-61)47-35(46-31)44-30-7-3-28(4-8-30)26-42-33-50-38(56(13-21-62)14-22-63)53-39(51-33)57(15-23-64)16-24-65/h1-8,58-65H,9-26H2,(H,41,48,49,52)(H,42,50,51,53)(H2,43,44,45,46,47). The summed E-state index contributed by atoms with van der Waals surface area (Å²) in [7, 11) is 0. The Morgan fingerprint density at radius 3 is 0.892 bits per heavy atom. The molecular formula is C39H56ClN17O8. The molecule has 0 atom stereocenters. The number of rotatable bonds is 30. The van der Waals surface area contributed by atoms with E-state index in [9.17, 15) is 40.9 Å². The first-order chi connectivity index (χ1) is 31.7. The molecule has 3 heterocycles. The zero-order valence-electron chi connectivity index (χ0n) is 35.6. The molecule has 25 nitrogen and oxygen atoms in total. The van der Waals surface area contributed by atoms with Gasteiger partial charge in [-0.15, -0.1) is 0 Å². The molecule has 0 bridgehead atoms. The van der Waals surface area contributed by atoms with Crippen molar-refractivity contribution in [1.82, 2.24) is 44.9 Å². The smallest absolute Gasteiger partial charge is 0.233 e. The van der Waals surface area contributed by atoms with Crippen molar-refractivity contribution in [2.45, 2.75) is 13.1 Å². The number of halogens is 1. The third-order valence-electron chi connectivity index (χ3n) is 9.24. The Morgan fingerprint density at radius 1 is 0.354 bits per heavy atom. The highest BCUT2D eigenvalue weighted by atomic mass is 35.5. The van der Waals surface area contributed by atoms with Gasteiger partial charge in [-0.3, -0.25) is 0 Å². The molecule has 0 saturated carbocycles. The van der Waals surface area contributed by atoms with E-state index >= 15 is 0 Å². The number of aromatic nitrogens is 9. The number of benzene rings is 2. The molecular weight excluding hydrogens is 870 g/mol. The van der Waals surface area contributed by atoms with Crippen LogP contribution in [-0.4, -0.2) is 191 Å². The van der Waals surface area contributed by atoms with E-state index in [4.69, 9.17) is 11.6 Å². The van der Waals surface area contributed by atoms with Crippen LogP contribution in [0.2, 0.25) is 5.28 Å². The first kappa shape index (κ1) is 49.8. The Morgan fingerprint density at radius 2 is 0.631 bits per heavy atom. The van der Waals surface area contributed by atoms with E-state index in [-0.39, 0.29) is 158 Å². The highest BCUT2D eigenvalue weighted by molar-refractivity contribution is 6.28. The highest BCUT2D eigenvalue weighted by Gasteiger charge is 2.19. The van der Waals surface area contributed by atoms with Crippen LogP contribution in [0.5, 0.6) is 0 Å². The van der Waals surface area contributed by atoms with E-state index in [2.05, 4.69) is 66.1 Å². The van der Waals surface area contributed by atoms with Crippen LogP contribution in [0.4, 0.5) is 59.0 Å². The van der Waals surface area contributed by atoms with Gasteiger partial charge in [-0.1, -0.05) is 24.3 Å². The van der Waals surface area contributed by atoms with Crippen LogP contribution < -0.4 is 40.9 Å². The lowest BCUT2D eigenvalue weighted by molar-refractivity contribution is 0.278. The molecule has 0 fully saturated rings. The lowest BCUT2D eigenvalue weighted by Crippen LogP contribution is -2.35. The van der Waals surface area contributed by atoms with Crippen molar-refractivity contribution in [1.29, 1.82) is 0 Å². The van der Waals surface area contributed by atoms with Crippen molar-refractivity contribution in [3.8, 4) is 0 Å². The van der Waals surface area contributed by atoms with Crippen LogP contribution >= 0.6 is 11.6 Å². The van der Waals surface area contributed by atoms with E-state index < -0.39 is 0 Å². The SMILES string of the molecule is OCCN(CCO)c1nc(NCc2ccc(Nc3nc(Cl)nc(Nc4ccc(CNc5nc(N(CCO)CCO)nc(N(CCO)CCO)n5)cc4)n3)cc2)nc(N(CCO)CCO)n1. The highest BCUT2D eigenvalue weighted by Crippen LogP contribution is 2.23. The Balaban J connectivity index is 1.22. The number of aliphatic hydroxyl groups is 8. The molecule has 65 heavy (non-hydrogen) atoms. The fourth-order valence-electron chi connectivity index (χ4n) is 6.14. The van der Waals surface area contributed by atoms with Gasteiger partial charge >= 0.3 is 0 Å². The molecule has 0 radical (unpaired) electrons. The van der Waals surface area contributed by atoms with E-state index in [0.717, 1.165) is 11.1 Å². The molecule has 12 N–H and O–H groups in total. The van der Waals surface area contributed by atoms with Crippen molar-refractivity contribution in [2.24, 2.45) is 0 Å². The van der Waals surface area contributed by atoms with Gasteiger partial charge < -0.3 is 81.7 Å². The summed E-state index contributed by atoms with van der Waals surface area (Å²) in [5.41, 5.74) is 3.06. The van der Waals surface area contributed by atoms with Crippen molar-refractivity contribution >= 4 is 70.6 Å².